The zero-order valence-corrected chi connectivity index (χ0v) is 13.4. The number of nitrogens with two attached hydrogens (primary N) is 1. The lowest BCUT2D eigenvalue weighted by Gasteiger charge is -2.65. The summed E-state index contributed by atoms with van der Waals surface area (Å²) in [4.78, 5) is 24.2. The second-order valence-electron chi connectivity index (χ2n) is 7.04. The summed E-state index contributed by atoms with van der Waals surface area (Å²) >= 11 is 0. The van der Waals surface area contributed by atoms with Crippen molar-refractivity contribution in [1.29, 1.82) is 0 Å². The summed E-state index contributed by atoms with van der Waals surface area (Å²) in [6.07, 6.45) is 1.86. The van der Waals surface area contributed by atoms with Gasteiger partial charge in [-0.15, -0.1) is 0 Å². The number of carbonyl (C=O) groups is 2. The summed E-state index contributed by atoms with van der Waals surface area (Å²) in [6.45, 7) is 8.39. The molecule has 1 saturated heterocycles. The third-order valence-corrected chi connectivity index (χ3v) is 4.92. The van der Waals surface area contributed by atoms with Crippen molar-refractivity contribution in [1.82, 2.24) is 10.6 Å². The second-order valence-corrected chi connectivity index (χ2v) is 7.04. The monoisotopic (exact) mass is 297 g/mol. The normalized spacial score (nSPS) is 33.8. The molecular formula is C15H27N3O3. The van der Waals surface area contributed by atoms with E-state index < -0.39 is 11.0 Å². The standard InChI is InChI=1S/C15H27N3O3/c1-9(2)18-11(19)8-17-13(20)15(16)10-6-5-7-21-12(10)14(15,3)4/h9-10,12H,5-8,16H2,1-4H3,(H,17,20)(H,18,19). The van der Waals surface area contributed by atoms with E-state index in [1.807, 2.05) is 27.7 Å². The van der Waals surface area contributed by atoms with Crippen LogP contribution < -0.4 is 16.4 Å². The molecule has 2 fully saturated rings. The number of nitrogens with one attached hydrogen (secondary N) is 2. The quantitative estimate of drug-likeness (QED) is 0.689. The molecule has 120 valence electrons. The Morgan fingerprint density at radius 1 is 1.38 bits per heavy atom. The summed E-state index contributed by atoms with van der Waals surface area (Å²) in [7, 11) is 0. The lowest BCUT2D eigenvalue weighted by Crippen LogP contribution is -2.82. The molecule has 1 saturated carbocycles. The second kappa shape index (κ2) is 5.57. The van der Waals surface area contributed by atoms with Crippen LogP contribution in [0.5, 0.6) is 0 Å². The molecule has 0 aromatic heterocycles. The van der Waals surface area contributed by atoms with E-state index in [0.717, 1.165) is 19.4 Å². The highest BCUT2D eigenvalue weighted by Gasteiger charge is 2.70. The van der Waals surface area contributed by atoms with E-state index in [4.69, 9.17) is 10.5 Å². The maximum absolute atomic E-state index is 12.5. The predicted octanol–water partition coefficient (Wildman–Crippen LogP) is 0.160. The van der Waals surface area contributed by atoms with E-state index >= 15 is 0 Å². The molecule has 1 heterocycles. The average Bonchev–Trinajstić information content (AvgIpc) is 2.43. The lowest BCUT2D eigenvalue weighted by molar-refractivity contribution is -0.225. The van der Waals surface area contributed by atoms with E-state index in [2.05, 4.69) is 10.6 Å². The van der Waals surface area contributed by atoms with Crippen LogP contribution in [0.4, 0.5) is 0 Å². The molecule has 21 heavy (non-hydrogen) atoms. The summed E-state index contributed by atoms with van der Waals surface area (Å²) in [5.41, 5.74) is 5.06. The van der Waals surface area contributed by atoms with Crippen molar-refractivity contribution in [2.45, 2.75) is 58.2 Å². The first-order valence-electron chi connectivity index (χ1n) is 7.69. The number of carbonyl (C=O) groups excluding carboxylic acids is 2. The van der Waals surface area contributed by atoms with Crippen LogP contribution in [-0.2, 0) is 14.3 Å². The van der Waals surface area contributed by atoms with Gasteiger partial charge in [0, 0.05) is 24.0 Å². The molecule has 0 spiro atoms. The lowest BCUT2D eigenvalue weighted by atomic mass is 9.46. The van der Waals surface area contributed by atoms with Gasteiger partial charge in [0.15, 0.2) is 0 Å². The Labute approximate surface area is 126 Å². The molecule has 2 rings (SSSR count). The van der Waals surface area contributed by atoms with Crippen molar-refractivity contribution < 1.29 is 14.3 Å². The zero-order valence-electron chi connectivity index (χ0n) is 13.4. The Hall–Kier alpha value is -1.14. The molecule has 0 aromatic carbocycles. The highest BCUT2D eigenvalue weighted by Crippen LogP contribution is 2.57. The van der Waals surface area contributed by atoms with Crippen molar-refractivity contribution in [2.75, 3.05) is 13.2 Å². The maximum atomic E-state index is 12.5. The molecule has 2 aliphatic rings. The summed E-state index contributed by atoms with van der Waals surface area (Å²) in [5.74, 6) is -0.414. The molecule has 2 amide bonds. The van der Waals surface area contributed by atoms with Crippen LogP contribution in [0.3, 0.4) is 0 Å². The molecule has 0 aromatic rings. The summed E-state index contributed by atoms with van der Waals surface area (Å²) in [5, 5.41) is 5.43. The van der Waals surface area contributed by atoms with Gasteiger partial charge in [-0.05, 0) is 26.7 Å². The van der Waals surface area contributed by atoms with Gasteiger partial charge in [0.25, 0.3) is 0 Å². The average molecular weight is 297 g/mol. The number of hydrogen-bond donors (Lipinski definition) is 3. The van der Waals surface area contributed by atoms with Crippen LogP contribution in [-0.4, -0.2) is 42.7 Å². The summed E-state index contributed by atoms with van der Waals surface area (Å²) in [6, 6.07) is 0.0532. The SMILES string of the molecule is CC(C)NC(=O)CNC(=O)C1(N)C2CCCOC2C1(C)C. The van der Waals surface area contributed by atoms with Gasteiger partial charge >= 0.3 is 0 Å². The van der Waals surface area contributed by atoms with Crippen LogP contribution in [0.2, 0.25) is 0 Å². The van der Waals surface area contributed by atoms with Crippen LogP contribution in [0.25, 0.3) is 0 Å². The number of fused-ring (bicyclic) bond motifs is 1. The van der Waals surface area contributed by atoms with Gasteiger partial charge in [0.1, 0.15) is 5.54 Å². The summed E-state index contributed by atoms with van der Waals surface area (Å²) < 4.78 is 5.78. The molecule has 1 aliphatic carbocycles. The molecule has 0 bridgehead atoms. The van der Waals surface area contributed by atoms with Crippen molar-refractivity contribution in [3.8, 4) is 0 Å². The Morgan fingerprint density at radius 3 is 2.67 bits per heavy atom. The molecule has 6 heteroatoms. The van der Waals surface area contributed by atoms with Gasteiger partial charge in [0.05, 0.1) is 12.6 Å². The third-order valence-electron chi connectivity index (χ3n) is 4.92. The minimum absolute atomic E-state index is 0.0338. The smallest absolute Gasteiger partial charge is 0.241 e. The van der Waals surface area contributed by atoms with Crippen molar-refractivity contribution in [3.63, 3.8) is 0 Å². The van der Waals surface area contributed by atoms with E-state index in [0.29, 0.717) is 0 Å². The van der Waals surface area contributed by atoms with Gasteiger partial charge in [-0.25, -0.2) is 0 Å². The van der Waals surface area contributed by atoms with Crippen molar-refractivity contribution in [3.05, 3.63) is 0 Å². The van der Waals surface area contributed by atoms with E-state index in [1.165, 1.54) is 0 Å². The first-order valence-corrected chi connectivity index (χ1v) is 7.69. The maximum Gasteiger partial charge on any atom is 0.241 e. The van der Waals surface area contributed by atoms with Crippen molar-refractivity contribution in [2.24, 2.45) is 17.1 Å². The highest BCUT2D eigenvalue weighted by molar-refractivity contribution is 5.92. The molecule has 0 radical (unpaired) electrons. The third kappa shape index (κ3) is 2.55. The fraction of sp³-hybridized carbons (Fsp3) is 0.867. The molecule has 4 N–H and O–H groups in total. The zero-order chi connectivity index (χ0) is 15.8. The van der Waals surface area contributed by atoms with Crippen molar-refractivity contribution >= 4 is 11.8 Å². The van der Waals surface area contributed by atoms with Crippen LogP contribution in [0.1, 0.15) is 40.5 Å². The Kier molecular flexibility index (Phi) is 4.31. The number of hydrogen-bond acceptors (Lipinski definition) is 4. The topological polar surface area (TPSA) is 93.5 Å². The van der Waals surface area contributed by atoms with E-state index in [1.54, 1.807) is 0 Å². The van der Waals surface area contributed by atoms with Crippen LogP contribution in [0.15, 0.2) is 0 Å². The fourth-order valence-corrected chi connectivity index (χ4v) is 3.72. The van der Waals surface area contributed by atoms with Gasteiger partial charge in [-0.2, -0.15) is 0 Å². The first kappa shape index (κ1) is 16.2. The van der Waals surface area contributed by atoms with Crippen LogP contribution >= 0.6 is 0 Å². The fourth-order valence-electron chi connectivity index (χ4n) is 3.72. The molecule has 1 aliphatic heterocycles. The Balaban J connectivity index is 1.99. The van der Waals surface area contributed by atoms with Gasteiger partial charge in [-0.1, -0.05) is 13.8 Å². The largest absolute Gasteiger partial charge is 0.377 e. The Morgan fingerprint density at radius 2 is 2.05 bits per heavy atom. The predicted molar refractivity (Wildman–Crippen MR) is 79.5 cm³/mol. The number of amides is 2. The van der Waals surface area contributed by atoms with E-state index in [9.17, 15) is 9.59 Å². The van der Waals surface area contributed by atoms with E-state index in [-0.39, 0.29) is 36.4 Å². The minimum Gasteiger partial charge on any atom is -0.377 e. The highest BCUT2D eigenvalue weighted by atomic mass is 16.5. The molecule has 3 atom stereocenters. The molecule has 6 nitrogen and oxygen atoms in total. The molecule has 3 unspecified atom stereocenters. The van der Waals surface area contributed by atoms with Gasteiger partial charge in [0.2, 0.25) is 11.8 Å². The van der Waals surface area contributed by atoms with Crippen LogP contribution in [0, 0.1) is 11.3 Å². The number of ether oxygens (including phenoxy) is 1. The van der Waals surface area contributed by atoms with Gasteiger partial charge < -0.3 is 21.1 Å². The first-order chi connectivity index (χ1) is 9.71. The van der Waals surface area contributed by atoms with Gasteiger partial charge in [-0.3, -0.25) is 9.59 Å². The Bertz CT molecular complexity index is 436. The minimum atomic E-state index is -0.962. The molecular weight excluding hydrogens is 270 g/mol. The number of rotatable bonds is 4.